The van der Waals surface area contributed by atoms with Crippen molar-refractivity contribution in [3.8, 4) is 0 Å². The Kier molecular flexibility index (Phi) is 19.8. The first kappa shape index (κ1) is 54.9. The van der Waals surface area contributed by atoms with E-state index in [-0.39, 0.29) is 67.4 Å². The van der Waals surface area contributed by atoms with Gasteiger partial charge in [-0.05, 0) is 65.1 Å². The van der Waals surface area contributed by atoms with Crippen LogP contribution in [0.25, 0.3) is 21.7 Å². The molecule has 0 unspecified atom stereocenters. The van der Waals surface area contributed by atoms with Crippen LogP contribution in [-0.4, -0.2) is 119 Å². The topological polar surface area (TPSA) is 344 Å². The first-order valence-electron chi connectivity index (χ1n) is 23.2. The molecule has 0 saturated carbocycles. The van der Waals surface area contributed by atoms with Crippen LogP contribution < -0.4 is 48.5 Å². The average molecular weight is 1050 g/mol. The quantitative estimate of drug-likeness (QED) is 0.0147. The summed E-state index contributed by atoms with van der Waals surface area (Å²) < 4.78 is 29.9. The van der Waals surface area contributed by atoms with Crippen LogP contribution in [0.3, 0.4) is 0 Å². The Morgan fingerprint density at radius 2 is 1.22 bits per heavy atom. The number of guanidine groups is 1. The van der Waals surface area contributed by atoms with Crippen molar-refractivity contribution in [1.82, 2.24) is 46.3 Å². The zero-order valence-electron chi connectivity index (χ0n) is 39.5. The fourth-order valence-electron chi connectivity index (χ4n) is 7.92. The fourth-order valence-corrected chi connectivity index (χ4v) is 9.71. The number of nitrogens with two attached hydrogens (primary N) is 3. The van der Waals surface area contributed by atoms with E-state index in [0.717, 1.165) is 16.3 Å². The largest absolute Gasteiger partial charge is 0.370 e. The number of aromatic nitrogens is 3. The highest BCUT2D eigenvalue weighted by molar-refractivity contribution is 7.89. The summed E-state index contributed by atoms with van der Waals surface area (Å²) in [7, 11) is -4.28. The van der Waals surface area contributed by atoms with Crippen LogP contribution >= 0.6 is 25.3 Å². The molecule has 2 heterocycles. The summed E-state index contributed by atoms with van der Waals surface area (Å²) in [4.78, 5) is 97.9. The summed E-state index contributed by atoms with van der Waals surface area (Å²) in [5.74, 6) is -5.12. The number of primary amides is 1. The van der Waals surface area contributed by atoms with Gasteiger partial charge >= 0.3 is 0 Å². The summed E-state index contributed by atoms with van der Waals surface area (Å²) in [6, 6.07) is 19.8. The summed E-state index contributed by atoms with van der Waals surface area (Å²) in [6.07, 6.45) is 4.26. The van der Waals surface area contributed by atoms with Crippen LogP contribution in [0.4, 0.5) is 0 Å². The highest BCUT2D eigenvalue weighted by Crippen LogP contribution is 2.21. The molecule has 6 atom stereocenters. The second kappa shape index (κ2) is 26.3. The Labute approximate surface area is 432 Å². The number of H-pyrrole nitrogens is 2. The van der Waals surface area contributed by atoms with Crippen LogP contribution in [0.5, 0.6) is 0 Å². The molecular weight excluding hydrogens is 995 g/mol. The molecule has 0 fully saturated rings. The normalized spacial score (nSPS) is 13.9. The average Bonchev–Trinajstić information content (AvgIpc) is 4.05. The SMILES string of the molecule is NC(=O)[C@H](CS)NC(=O)[C@H](Cc1c[nH]c2ccccc12)NC(=O)[C@H](CCCN=C(N)N)NC(=O)[C@@H](Cc1ccccc1)NC(=O)[C@H](Cc1cnc[nH]1)NC(=O)[C@H](CCS)NS(=O)(=O)c1ccc2ccccc2c1. The van der Waals surface area contributed by atoms with Gasteiger partial charge in [0, 0.05) is 60.6 Å². The van der Waals surface area contributed by atoms with Crippen molar-refractivity contribution in [2.45, 2.75) is 79.7 Å². The fraction of sp³-hybridized carbons (Fsp3) is 0.306. The molecule has 2 aromatic heterocycles. The summed E-state index contributed by atoms with van der Waals surface area (Å²) in [5, 5.41) is 15.8. The Hall–Kier alpha value is -7.41. The number of hydrogen-bond donors (Lipinski definition) is 13. The van der Waals surface area contributed by atoms with Gasteiger partial charge in [0.25, 0.3) is 0 Å². The Morgan fingerprint density at radius 3 is 1.86 bits per heavy atom. The van der Waals surface area contributed by atoms with E-state index in [4.69, 9.17) is 17.2 Å². The maximum Gasteiger partial charge on any atom is 0.243 e. The van der Waals surface area contributed by atoms with Crippen molar-refractivity contribution in [2.24, 2.45) is 22.2 Å². The van der Waals surface area contributed by atoms with Gasteiger partial charge in [-0.15, -0.1) is 0 Å². The molecule has 0 aliphatic heterocycles. The molecule has 4 aromatic carbocycles. The molecule has 0 radical (unpaired) electrons. The minimum absolute atomic E-state index is 0.0514. The molecule has 21 nitrogen and oxygen atoms in total. The monoisotopic (exact) mass is 1050 g/mol. The van der Waals surface area contributed by atoms with E-state index in [0.29, 0.717) is 22.2 Å². The van der Waals surface area contributed by atoms with Crippen molar-refractivity contribution in [3.63, 3.8) is 0 Å². The number of rotatable bonds is 27. The maximum atomic E-state index is 14.6. The number of aromatic amines is 2. The van der Waals surface area contributed by atoms with Crippen molar-refractivity contribution in [2.75, 3.05) is 18.1 Å². The predicted molar refractivity (Wildman–Crippen MR) is 284 cm³/mol. The van der Waals surface area contributed by atoms with Crippen molar-refractivity contribution in [1.29, 1.82) is 0 Å². The van der Waals surface area contributed by atoms with Crippen LogP contribution in [0.1, 0.15) is 36.1 Å². The zero-order chi connectivity index (χ0) is 52.5. The standard InChI is InChI=1S/C49H59N13O8S3/c50-43(63)42(27-72)61-47(67)40(23-32-25-55-36-14-7-6-13-35(32)36)59-44(64)37(15-8-19-54-49(51)52)57-46(66)39(21-29-9-2-1-3-10-29)58-48(68)41(24-33-26-53-28-56-33)60-45(65)38(18-20-71)62-73(69,70)34-17-16-30-11-4-5-12-31(30)22-34/h1-7,9-14,16-17,22,25-26,28,37-42,55,62,71-72H,8,15,18-21,23-24,27H2,(H2,50,63)(H,53,56)(H,57,66)(H,58,68)(H,59,64)(H,60,65)(H,61,67)(H4,51,52,54)/t37-,38-,39+,40-,41-,42-/m0/s1. The second-order valence-electron chi connectivity index (χ2n) is 17.1. The molecule has 73 heavy (non-hydrogen) atoms. The number of nitrogens with one attached hydrogen (secondary N) is 8. The Balaban J connectivity index is 1.26. The first-order chi connectivity index (χ1) is 35.0. The van der Waals surface area contributed by atoms with Crippen LogP contribution in [0.2, 0.25) is 0 Å². The minimum atomic E-state index is -4.28. The molecule has 6 aromatic rings. The third-order valence-corrected chi connectivity index (χ3v) is 13.8. The number of nitrogens with zero attached hydrogens (tertiary/aromatic N) is 2. The first-order valence-corrected chi connectivity index (χ1v) is 26.0. The van der Waals surface area contributed by atoms with Crippen molar-refractivity contribution in [3.05, 3.63) is 133 Å². The molecule has 0 bridgehead atoms. The number of hydrogen-bond acceptors (Lipinski definition) is 12. The molecular formula is C49H59N13O8S3. The molecule has 0 saturated heterocycles. The third kappa shape index (κ3) is 15.8. The third-order valence-electron chi connectivity index (χ3n) is 11.7. The van der Waals surface area contributed by atoms with E-state index in [9.17, 15) is 37.2 Å². The lowest BCUT2D eigenvalue weighted by atomic mass is 10.0. The molecule has 0 aliphatic rings. The number of carbonyl (C=O) groups is 6. The minimum Gasteiger partial charge on any atom is -0.370 e. The molecule has 6 amide bonds. The van der Waals surface area contributed by atoms with Gasteiger partial charge in [0.2, 0.25) is 45.5 Å². The zero-order valence-corrected chi connectivity index (χ0v) is 42.1. The molecule has 386 valence electrons. The van der Waals surface area contributed by atoms with Crippen LogP contribution in [-0.2, 0) is 58.1 Å². The number of para-hydroxylation sites is 1. The number of benzene rings is 4. The van der Waals surface area contributed by atoms with Gasteiger partial charge in [-0.2, -0.15) is 30.0 Å². The highest BCUT2D eigenvalue weighted by Gasteiger charge is 2.34. The van der Waals surface area contributed by atoms with Crippen LogP contribution in [0.15, 0.2) is 126 Å². The van der Waals surface area contributed by atoms with E-state index < -0.39 is 81.7 Å². The number of carbonyl (C=O) groups excluding carboxylic acids is 6. The summed E-state index contributed by atoms with van der Waals surface area (Å²) in [6.45, 7) is 0.0647. The molecule has 6 rings (SSSR count). The number of thiol groups is 2. The van der Waals surface area contributed by atoms with Crippen molar-refractivity contribution >= 4 is 98.4 Å². The Morgan fingerprint density at radius 1 is 0.630 bits per heavy atom. The van der Waals surface area contributed by atoms with Gasteiger partial charge < -0.3 is 53.8 Å². The van der Waals surface area contributed by atoms with Gasteiger partial charge in [0.15, 0.2) is 5.96 Å². The number of aliphatic imine (C=N–C) groups is 1. The lowest BCUT2D eigenvalue weighted by Crippen LogP contribution is -2.60. The maximum absolute atomic E-state index is 14.6. The second-order valence-corrected chi connectivity index (χ2v) is 19.6. The van der Waals surface area contributed by atoms with Gasteiger partial charge in [0.1, 0.15) is 36.3 Å². The number of fused-ring (bicyclic) bond motifs is 2. The van der Waals surface area contributed by atoms with E-state index in [2.05, 4.69) is 76.5 Å². The number of sulfonamides is 1. The smallest absolute Gasteiger partial charge is 0.243 e. The predicted octanol–water partition coefficient (Wildman–Crippen LogP) is 0.632. The molecule has 14 N–H and O–H groups in total. The number of amides is 6. The lowest BCUT2D eigenvalue weighted by molar-refractivity contribution is -0.135. The van der Waals surface area contributed by atoms with E-state index >= 15 is 0 Å². The van der Waals surface area contributed by atoms with Gasteiger partial charge in [-0.25, -0.2) is 13.4 Å². The Bertz CT molecular complexity index is 3010. The number of imidazole rings is 1. The molecule has 24 heteroatoms. The van der Waals surface area contributed by atoms with E-state index in [1.54, 1.807) is 54.7 Å². The molecule has 0 aliphatic carbocycles. The summed E-state index contributed by atoms with van der Waals surface area (Å²) in [5.41, 5.74) is 19.1. The summed E-state index contributed by atoms with van der Waals surface area (Å²) >= 11 is 8.43. The van der Waals surface area contributed by atoms with Crippen LogP contribution in [0, 0.1) is 0 Å². The van der Waals surface area contributed by atoms with Gasteiger partial charge in [-0.1, -0.05) is 78.9 Å². The van der Waals surface area contributed by atoms with E-state index in [1.807, 2.05) is 36.4 Å². The molecule has 0 spiro atoms. The van der Waals surface area contributed by atoms with Gasteiger partial charge in [0.05, 0.1) is 11.2 Å². The lowest BCUT2D eigenvalue weighted by Gasteiger charge is -2.27. The van der Waals surface area contributed by atoms with Gasteiger partial charge in [-0.3, -0.25) is 33.8 Å². The van der Waals surface area contributed by atoms with E-state index in [1.165, 1.54) is 24.7 Å². The van der Waals surface area contributed by atoms with Crippen molar-refractivity contribution < 1.29 is 37.2 Å². The highest BCUT2D eigenvalue weighted by atomic mass is 32.2.